The van der Waals surface area contributed by atoms with Crippen LogP contribution >= 0.6 is 23.6 Å². The predicted molar refractivity (Wildman–Crippen MR) is 75.1 cm³/mol. The van der Waals surface area contributed by atoms with Gasteiger partial charge < -0.3 is 4.98 Å². The molecule has 0 saturated heterocycles. The van der Waals surface area contributed by atoms with E-state index in [2.05, 4.69) is 9.97 Å². The lowest BCUT2D eigenvalue weighted by atomic mass is 10.3. The molecule has 3 heterocycles. The van der Waals surface area contributed by atoms with Crippen LogP contribution in [0.3, 0.4) is 0 Å². The first-order valence-electron chi connectivity index (χ1n) is 5.31. The molecule has 0 aromatic carbocycles. The van der Waals surface area contributed by atoms with Crippen LogP contribution in [0, 0.1) is 11.7 Å². The van der Waals surface area contributed by atoms with Crippen molar-refractivity contribution >= 4 is 33.8 Å². The van der Waals surface area contributed by atoms with E-state index in [9.17, 15) is 4.79 Å². The molecule has 0 unspecified atom stereocenters. The van der Waals surface area contributed by atoms with Crippen LogP contribution in [0.25, 0.3) is 15.9 Å². The van der Waals surface area contributed by atoms with E-state index in [1.807, 2.05) is 24.4 Å². The van der Waals surface area contributed by atoms with E-state index in [-0.39, 0.29) is 5.56 Å². The highest BCUT2D eigenvalue weighted by Gasteiger charge is 2.08. The summed E-state index contributed by atoms with van der Waals surface area (Å²) in [5.41, 5.74) is 2.36. The zero-order chi connectivity index (χ0) is 12.7. The normalized spacial score (nSPS) is 10.9. The standard InChI is InChI=1S/C12H9N3OS2/c1-7-4-8(6-13-5-7)15-11(16)10-9(2-3-18-10)14-12(15)17/h2-6H,1H3,(H,14,17). The highest BCUT2D eigenvalue weighted by Crippen LogP contribution is 2.16. The summed E-state index contributed by atoms with van der Waals surface area (Å²) in [6, 6.07) is 3.74. The molecular weight excluding hydrogens is 266 g/mol. The Balaban J connectivity index is 2.42. The van der Waals surface area contributed by atoms with Gasteiger partial charge in [0.2, 0.25) is 0 Å². The molecule has 6 heteroatoms. The van der Waals surface area contributed by atoms with Crippen LogP contribution in [0.2, 0.25) is 0 Å². The van der Waals surface area contributed by atoms with Crippen LogP contribution in [-0.2, 0) is 0 Å². The second-order valence-electron chi connectivity index (χ2n) is 3.95. The van der Waals surface area contributed by atoms with Crippen LogP contribution in [0.5, 0.6) is 0 Å². The van der Waals surface area contributed by atoms with Crippen molar-refractivity contribution in [1.29, 1.82) is 0 Å². The molecule has 0 atom stereocenters. The summed E-state index contributed by atoms with van der Waals surface area (Å²) in [6.45, 7) is 1.93. The number of aromatic amines is 1. The molecule has 4 nitrogen and oxygen atoms in total. The van der Waals surface area contributed by atoms with Gasteiger partial charge in [0, 0.05) is 6.20 Å². The second kappa shape index (κ2) is 4.15. The minimum Gasteiger partial charge on any atom is -0.331 e. The number of aryl methyl sites for hydroxylation is 1. The summed E-state index contributed by atoms with van der Waals surface area (Å²) in [5, 5.41) is 1.87. The van der Waals surface area contributed by atoms with Crippen molar-refractivity contribution in [2.45, 2.75) is 6.92 Å². The molecule has 0 fully saturated rings. The highest BCUT2D eigenvalue weighted by molar-refractivity contribution is 7.71. The fourth-order valence-corrected chi connectivity index (χ4v) is 2.91. The summed E-state index contributed by atoms with van der Waals surface area (Å²) >= 11 is 6.65. The van der Waals surface area contributed by atoms with Crippen molar-refractivity contribution in [2.24, 2.45) is 0 Å². The minimum atomic E-state index is -0.101. The van der Waals surface area contributed by atoms with E-state index >= 15 is 0 Å². The van der Waals surface area contributed by atoms with Crippen molar-refractivity contribution in [3.05, 3.63) is 50.6 Å². The van der Waals surface area contributed by atoms with Crippen molar-refractivity contribution in [2.75, 3.05) is 0 Å². The Morgan fingerprint density at radius 3 is 3.06 bits per heavy atom. The molecule has 3 rings (SSSR count). The Bertz CT molecular complexity index is 844. The molecule has 1 N–H and O–H groups in total. The second-order valence-corrected chi connectivity index (χ2v) is 5.26. The van der Waals surface area contributed by atoms with E-state index in [1.54, 1.807) is 12.4 Å². The van der Waals surface area contributed by atoms with E-state index in [0.717, 1.165) is 11.1 Å². The lowest BCUT2D eigenvalue weighted by Gasteiger charge is -2.06. The first-order valence-corrected chi connectivity index (χ1v) is 6.60. The monoisotopic (exact) mass is 275 g/mol. The van der Waals surface area contributed by atoms with Gasteiger partial charge in [0.15, 0.2) is 4.77 Å². The molecule has 3 aromatic rings. The molecule has 18 heavy (non-hydrogen) atoms. The fraction of sp³-hybridized carbons (Fsp3) is 0.0833. The zero-order valence-corrected chi connectivity index (χ0v) is 11.1. The zero-order valence-electron chi connectivity index (χ0n) is 9.51. The molecule has 3 aromatic heterocycles. The first-order chi connectivity index (χ1) is 8.66. The van der Waals surface area contributed by atoms with Crippen LogP contribution in [0.4, 0.5) is 0 Å². The number of H-pyrrole nitrogens is 1. The number of nitrogens with zero attached hydrogens (tertiary/aromatic N) is 2. The summed E-state index contributed by atoms with van der Waals surface area (Å²) in [6.07, 6.45) is 3.38. The van der Waals surface area contributed by atoms with Crippen LogP contribution in [-0.4, -0.2) is 14.5 Å². The Morgan fingerprint density at radius 1 is 1.44 bits per heavy atom. The third-order valence-corrected chi connectivity index (χ3v) is 3.81. The molecule has 0 amide bonds. The van der Waals surface area contributed by atoms with Gasteiger partial charge in [-0.05, 0) is 42.2 Å². The van der Waals surface area contributed by atoms with Gasteiger partial charge in [0.25, 0.3) is 5.56 Å². The quantitative estimate of drug-likeness (QED) is 0.695. The Hall–Kier alpha value is -1.79. The molecule has 0 aliphatic carbocycles. The maximum atomic E-state index is 12.4. The van der Waals surface area contributed by atoms with Crippen molar-refractivity contribution < 1.29 is 0 Å². The Kier molecular flexibility index (Phi) is 2.61. The molecule has 0 bridgehead atoms. The first kappa shape index (κ1) is 11.3. The number of hydrogen-bond acceptors (Lipinski definition) is 4. The van der Waals surface area contributed by atoms with Gasteiger partial charge in [-0.2, -0.15) is 0 Å². The average Bonchev–Trinajstić information content (AvgIpc) is 2.77. The summed E-state index contributed by atoms with van der Waals surface area (Å²) in [5.74, 6) is 0. The maximum absolute atomic E-state index is 12.4. The molecule has 0 aliphatic heterocycles. The van der Waals surface area contributed by atoms with Crippen molar-refractivity contribution in [3.63, 3.8) is 0 Å². The number of rotatable bonds is 1. The summed E-state index contributed by atoms with van der Waals surface area (Å²) < 4.78 is 2.54. The van der Waals surface area contributed by atoms with Gasteiger partial charge in [-0.25, -0.2) is 0 Å². The van der Waals surface area contributed by atoms with E-state index in [1.165, 1.54) is 15.9 Å². The molecule has 0 spiro atoms. The van der Waals surface area contributed by atoms with Gasteiger partial charge in [-0.1, -0.05) is 0 Å². The number of nitrogens with one attached hydrogen (secondary N) is 1. The number of hydrogen-bond donors (Lipinski definition) is 1. The molecular formula is C12H9N3OS2. The summed E-state index contributed by atoms with van der Waals surface area (Å²) in [7, 11) is 0. The Morgan fingerprint density at radius 2 is 2.28 bits per heavy atom. The van der Waals surface area contributed by atoms with Crippen LogP contribution in [0.1, 0.15) is 5.56 Å². The van der Waals surface area contributed by atoms with Gasteiger partial charge in [0.05, 0.1) is 17.4 Å². The van der Waals surface area contributed by atoms with Gasteiger partial charge >= 0.3 is 0 Å². The molecule has 0 saturated carbocycles. The largest absolute Gasteiger partial charge is 0.331 e. The van der Waals surface area contributed by atoms with Crippen molar-refractivity contribution in [3.8, 4) is 5.69 Å². The van der Waals surface area contributed by atoms with E-state index in [0.29, 0.717) is 15.2 Å². The number of aromatic nitrogens is 3. The van der Waals surface area contributed by atoms with Crippen LogP contribution < -0.4 is 5.56 Å². The topological polar surface area (TPSA) is 50.7 Å². The lowest BCUT2D eigenvalue weighted by Crippen LogP contribution is -2.19. The predicted octanol–water partition coefficient (Wildman–Crippen LogP) is 2.81. The van der Waals surface area contributed by atoms with Gasteiger partial charge in [-0.3, -0.25) is 14.3 Å². The number of thiophene rings is 1. The van der Waals surface area contributed by atoms with Crippen molar-refractivity contribution in [1.82, 2.24) is 14.5 Å². The summed E-state index contributed by atoms with van der Waals surface area (Å²) in [4.78, 5) is 19.5. The number of pyridine rings is 1. The average molecular weight is 275 g/mol. The molecule has 90 valence electrons. The fourth-order valence-electron chi connectivity index (χ4n) is 1.83. The van der Waals surface area contributed by atoms with Crippen LogP contribution in [0.15, 0.2) is 34.7 Å². The third kappa shape index (κ3) is 1.70. The van der Waals surface area contributed by atoms with E-state index < -0.39 is 0 Å². The van der Waals surface area contributed by atoms with Gasteiger partial charge in [0.1, 0.15) is 4.70 Å². The maximum Gasteiger partial charge on any atom is 0.276 e. The third-order valence-electron chi connectivity index (χ3n) is 2.63. The number of fused-ring (bicyclic) bond motifs is 1. The smallest absolute Gasteiger partial charge is 0.276 e. The minimum absolute atomic E-state index is 0.101. The van der Waals surface area contributed by atoms with Gasteiger partial charge in [-0.15, -0.1) is 11.3 Å². The lowest BCUT2D eigenvalue weighted by molar-refractivity contribution is 0.932. The van der Waals surface area contributed by atoms with E-state index in [4.69, 9.17) is 12.2 Å². The SMILES string of the molecule is Cc1cncc(-n2c(=S)[nH]c3ccsc3c2=O)c1. The molecule has 0 aliphatic rings. The molecule has 0 radical (unpaired) electrons. The Labute approximate surface area is 112 Å². The highest BCUT2D eigenvalue weighted by atomic mass is 32.1.